The average molecular weight is 427 g/mol. The van der Waals surface area contributed by atoms with Gasteiger partial charge in [0.05, 0.1) is 0 Å². The van der Waals surface area contributed by atoms with Crippen LogP contribution in [-0.4, -0.2) is 58.9 Å². The van der Waals surface area contributed by atoms with Crippen molar-refractivity contribution in [3.05, 3.63) is 35.4 Å². The third-order valence-electron chi connectivity index (χ3n) is 7.24. The van der Waals surface area contributed by atoms with Gasteiger partial charge in [0, 0.05) is 25.7 Å². The first kappa shape index (κ1) is 21.8. The van der Waals surface area contributed by atoms with Crippen molar-refractivity contribution in [1.82, 2.24) is 20.4 Å². The number of piperidine rings is 1. The molecule has 2 atom stereocenters. The number of urea groups is 1. The van der Waals surface area contributed by atoms with E-state index in [0.29, 0.717) is 6.42 Å². The smallest absolute Gasteiger partial charge is 0.325 e. The van der Waals surface area contributed by atoms with Gasteiger partial charge in [-0.2, -0.15) is 0 Å². The number of rotatable bonds is 5. The minimum Gasteiger partial charge on any atom is -0.352 e. The van der Waals surface area contributed by atoms with Gasteiger partial charge in [-0.3, -0.25) is 19.4 Å². The Bertz CT molecular complexity index is 849. The Kier molecular flexibility index (Phi) is 6.32. The summed E-state index contributed by atoms with van der Waals surface area (Å²) in [5.41, 5.74) is 1.77. The summed E-state index contributed by atoms with van der Waals surface area (Å²) in [6, 6.07) is 8.22. The molecule has 3 fully saturated rings. The Labute approximate surface area is 184 Å². The van der Waals surface area contributed by atoms with Crippen LogP contribution in [0.1, 0.15) is 56.6 Å². The van der Waals surface area contributed by atoms with Gasteiger partial charge < -0.3 is 10.6 Å². The normalized spacial score (nSPS) is 27.5. The molecular formula is C24H34N4O3. The number of hydrogen-bond donors (Lipinski definition) is 2. The molecule has 2 unspecified atom stereocenters. The lowest BCUT2D eigenvalue weighted by atomic mass is 9.73. The van der Waals surface area contributed by atoms with E-state index in [4.69, 9.17) is 0 Å². The summed E-state index contributed by atoms with van der Waals surface area (Å²) in [6.45, 7) is 6.69. The fraction of sp³-hybridized carbons (Fsp3) is 0.625. The largest absolute Gasteiger partial charge is 0.352 e. The van der Waals surface area contributed by atoms with E-state index in [0.717, 1.165) is 56.6 Å². The zero-order valence-electron chi connectivity index (χ0n) is 18.7. The molecule has 4 amide bonds. The fourth-order valence-electron chi connectivity index (χ4n) is 5.36. The molecule has 0 bridgehead atoms. The second-order valence-electron chi connectivity index (χ2n) is 9.55. The van der Waals surface area contributed by atoms with Crippen LogP contribution in [-0.2, 0) is 16.1 Å². The number of carbonyl (C=O) groups excluding carboxylic acids is 3. The number of hydrogen-bond acceptors (Lipinski definition) is 4. The number of benzene rings is 1. The lowest BCUT2D eigenvalue weighted by Gasteiger charge is -2.36. The Morgan fingerprint density at radius 2 is 1.97 bits per heavy atom. The van der Waals surface area contributed by atoms with Gasteiger partial charge in [0.15, 0.2) is 0 Å². The number of aryl methyl sites for hydroxylation is 1. The molecule has 0 aromatic heterocycles. The molecule has 7 nitrogen and oxygen atoms in total. The van der Waals surface area contributed by atoms with Crippen LogP contribution in [0.25, 0.3) is 0 Å². The van der Waals surface area contributed by atoms with Gasteiger partial charge in [0.25, 0.3) is 5.91 Å². The second kappa shape index (κ2) is 8.99. The minimum absolute atomic E-state index is 0.0876. The number of nitrogens with zero attached hydrogens (tertiary/aromatic N) is 2. The van der Waals surface area contributed by atoms with Crippen molar-refractivity contribution in [1.29, 1.82) is 0 Å². The van der Waals surface area contributed by atoms with Crippen LogP contribution in [0, 0.1) is 12.8 Å². The standard InChI is InChI=1S/C24H34N4O3/c1-17-6-5-8-19(14-17)15-27-12-9-20(10-13-27)25-21(29)16-28-22(30)24(26-23(28)31)11-4-3-7-18(24)2/h5-6,8,14,18,20H,3-4,7,9-13,15-16H2,1-2H3,(H,25,29)(H,26,31). The van der Waals surface area contributed by atoms with Gasteiger partial charge in [-0.25, -0.2) is 4.79 Å². The highest BCUT2D eigenvalue weighted by molar-refractivity contribution is 6.09. The molecule has 31 heavy (non-hydrogen) atoms. The van der Waals surface area contributed by atoms with Crippen molar-refractivity contribution in [2.75, 3.05) is 19.6 Å². The van der Waals surface area contributed by atoms with Crippen LogP contribution >= 0.6 is 0 Å². The van der Waals surface area contributed by atoms with Gasteiger partial charge in [-0.05, 0) is 44.1 Å². The van der Waals surface area contributed by atoms with Gasteiger partial charge in [-0.1, -0.05) is 49.6 Å². The highest BCUT2D eigenvalue weighted by atomic mass is 16.2. The van der Waals surface area contributed by atoms with E-state index in [1.807, 2.05) is 6.92 Å². The van der Waals surface area contributed by atoms with Crippen molar-refractivity contribution in [2.24, 2.45) is 5.92 Å². The predicted molar refractivity (Wildman–Crippen MR) is 118 cm³/mol. The first-order valence-corrected chi connectivity index (χ1v) is 11.6. The number of nitrogens with one attached hydrogen (secondary N) is 2. The topological polar surface area (TPSA) is 81.8 Å². The quantitative estimate of drug-likeness (QED) is 0.709. The van der Waals surface area contributed by atoms with Crippen molar-refractivity contribution in [2.45, 2.75) is 70.5 Å². The van der Waals surface area contributed by atoms with E-state index < -0.39 is 11.6 Å². The molecule has 1 saturated carbocycles. The number of carbonyl (C=O) groups is 3. The highest BCUT2D eigenvalue weighted by Crippen LogP contribution is 2.38. The summed E-state index contributed by atoms with van der Waals surface area (Å²) < 4.78 is 0. The van der Waals surface area contributed by atoms with Gasteiger partial charge in [0.1, 0.15) is 12.1 Å². The third-order valence-corrected chi connectivity index (χ3v) is 7.24. The molecule has 1 spiro atoms. The molecule has 2 N–H and O–H groups in total. The summed E-state index contributed by atoms with van der Waals surface area (Å²) in [5, 5.41) is 5.95. The lowest BCUT2D eigenvalue weighted by Crippen LogP contribution is -2.54. The summed E-state index contributed by atoms with van der Waals surface area (Å²) in [7, 11) is 0. The molecule has 2 saturated heterocycles. The first-order chi connectivity index (χ1) is 14.9. The van der Waals surface area contributed by atoms with Crippen LogP contribution < -0.4 is 10.6 Å². The van der Waals surface area contributed by atoms with Crippen LogP contribution in [0.5, 0.6) is 0 Å². The summed E-state index contributed by atoms with van der Waals surface area (Å²) in [5.74, 6) is -0.377. The molecule has 2 heterocycles. The van der Waals surface area contributed by atoms with E-state index in [1.54, 1.807) is 0 Å². The first-order valence-electron chi connectivity index (χ1n) is 11.6. The maximum absolute atomic E-state index is 13.0. The Morgan fingerprint density at radius 3 is 2.68 bits per heavy atom. The Balaban J connectivity index is 1.26. The Hall–Kier alpha value is -2.41. The van der Waals surface area contributed by atoms with Crippen LogP contribution in [0.4, 0.5) is 4.79 Å². The summed E-state index contributed by atoms with van der Waals surface area (Å²) in [6.07, 6.45) is 5.34. The van der Waals surface area contributed by atoms with Crippen molar-refractivity contribution in [3.8, 4) is 0 Å². The highest BCUT2D eigenvalue weighted by Gasteiger charge is 2.55. The zero-order chi connectivity index (χ0) is 22.0. The Morgan fingerprint density at radius 1 is 1.19 bits per heavy atom. The zero-order valence-corrected chi connectivity index (χ0v) is 18.7. The van der Waals surface area contributed by atoms with Gasteiger partial charge >= 0.3 is 6.03 Å². The molecule has 7 heteroatoms. The number of amides is 4. The molecule has 168 valence electrons. The summed E-state index contributed by atoms with van der Waals surface area (Å²) in [4.78, 5) is 41.6. The molecule has 1 aliphatic carbocycles. The van der Waals surface area contributed by atoms with Crippen molar-refractivity contribution < 1.29 is 14.4 Å². The van der Waals surface area contributed by atoms with E-state index >= 15 is 0 Å². The van der Waals surface area contributed by atoms with Gasteiger partial charge in [-0.15, -0.1) is 0 Å². The molecule has 4 rings (SSSR count). The minimum atomic E-state index is -0.809. The van der Waals surface area contributed by atoms with Crippen molar-refractivity contribution >= 4 is 17.8 Å². The molecule has 1 aromatic rings. The van der Waals surface area contributed by atoms with Crippen LogP contribution in [0.15, 0.2) is 24.3 Å². The van der Waals surface area contributed by atoms with E-state index in [1.165, 1.54) is 11.1 Å². The maximum atomic E-state index is 13.0. The predicted octanol–water partition coefficient (Wildman–Crippen LogP) is 2.58. The lowest BCUT2D eigenvalue weighted by molar-refractivity contribution is -0.137. The molecule has 3 aliphatic rings. The molecule has 1 aromatic carbocycles. The monoisotopic (exact) mass is 426 g/mol. The third kappa shape index (κ3) is 4.61. The van der Waals surface area contributed by atoms with Crippen LogP contribution in [0.3, 0.4) is 0 Å². The number of likely N-dealkylation sites (tertiary alicyclic amines) is 1. The number of imide groups is 1. The molecule has 2 aliphatic heterocycles. The maximum Gasteiger partial charge on any atom is 0.325 e. The van der Waals surface area contributed by atoms with E-state index in [9.17, 15) is 14.4 Å². The van der Waals surface area contributed by atoms with Crippen LogP contribution in [0.2, 0.25) is 0 Å². The van der Waals surface area contributed by atoms with E-state index in [-0.39, 0.29) is 30.3 Å². The van der Waals surface area contributed by atoms with E-state index in [2.05, 4.69) is 46.7 Å². The van der Waals surface area contributed by atoms with Gasteiger partial charge in [0.2, 0.25) is 5.91 Å². The molecule has 0 radical (unpaired) electrons. The summed E-state index contributed by atoms with van der Waals surface area (Å²) >= 11 is 0. The molecular weight excluding hydrogens is 392 g/mol. The fourth-order valence-corrected chi connectivity index (χ4v) is 5.36. The second-order valence-corrected chi connectivity index (χ2v) is 9.55. The average Bonchev–Trinajstić information content (AvgIpc) is 2.97. The SMILES string of the molecule is Cc1cccc(CN2CCC(NC(=O)CN3C(=O)NC4(CCCCC4C)C3=O)CC2)c1. The van der Waals surface area contributed by atoms with Crippen molar-refractivity contribution in [3.63, 3.8) is 0 Å².